The molecule has 0 aliphatic heterocycles. The summed E-state index contributed by atoms with van der Waals surface area (Å²) in [5.41, 5.74) is 0.561. The number of aliphatic hydroxyl groups is 1. The predicted molar refractivity (Wildman–Crippen MR) is 74.0 cm³/mol. The van der Waals surface area contributed by atoms with Gasteiger partial charge in [0.25, 0.3) is 0 Å². The Balaban J connectivity index is 2.02. The Hall–Kier alpha value is -1.71. The first-order valence-electron chi connectivity index (χ1n) is 6.55. The van der Waals surface area contributed by atoms with E-state index >= 15 is 0 Å². The van der Waals surface area contributed by atoms with Crippen molar-refractivity contribution in [3.05, 3.63) is 29.7 Å². The average molecular weight is 314 g/mol. The van der Waals surface area contributed by atoms with Crippen LogP contribution in [-0.2, 0) is 29.6 Å². The zero-order valence-corrected chi connectivity index (χ0v) is 12.7. The molecule has 0 aromatic carbocycles. The molecule has 0 aliphatic rings. The highest BCUT2D eigenvalue weighted by molar-refractivity contribution is 7.89. The molecule has 2 rings (SSSR count). The fraction of sp³-hybridized carbons (Fsp3) is 0.500. The first-order chi connectivity index (χ1) is 9.96. The highest BCUT2D eigenvalue weighted by Crippen LogP contribution is 2.14. The largest absolute Gasteiger partial charge is 0.390 e. The lowest BCUT2D eigenvalue weighted by Crippen LogP contribution is -2.25. The lowest BCUT2D eigenvalue weighted by molar-refractivity contribution is 0.271. The van der Waals surface area contributed by atoms with Crippen molar-refractivity contribution < 1.29 is 18.0 Å². The molecule has 0 atom stereocenters. The van der Waals surface area contributed by atoms with Crippen molar-refractivity contribution in [2.45, 2.75) is 38.3 Å². The molecule has 0 fully saturated rings. The van der Waals surface area contributed by atoms with Crippen molar-refractivity contribution in [1.29, 1.82) is 0 Å². The Labute approximate surface area is 122 Å². The zero-order chi connectivity index (χ0) is 15.5. The monoisotopic (exact) mass is 314 g/mol. The molecule has 0 spiro atoms. The van der Waals surface area contributed by atoms with Gasteiger partial charge in [-0.3, -0.25) is 0 Å². The molecule has 0 aliphatic carbocycles. The second-order valence-corrected chi connectivity index (χ2v) is 6.26. The lowest BCUT2D eigenvalue weighted by atomic mass is 10.4. The highest BCUT2D eigenvalue weighted by Gasteiger charge is 2.18. The van der Waals surface area contributed by atoms with Gasteiger partial charge in [-0.25, -0.2) is 13.1 Å². The molecular weight excluding hydrogens is 296 g/mol. The standard InChI is InChI=1S/C12H18N4O4S/c1-3-16-7-11(6-10(16)8-17)21(18,19)13-5-4-12-14-9(2)15-20-12/h6-7,13,17H,3-5,8H2,1-2H3. The molecule has 0 amide bonds. The number of aryl methyl sites for hydroxylation is 2. The van der Waals surface area contributed by atoms with Crippen molar-refractivity contribution in [2.24, 2.45) is 0 Å². The normalized spacial score (nSPS) is 12.0. The van der Waals surface area contributed by atoms with Gasteiger partial charge in [0, 0.05) is 31.4 Å². The molecule has 9 heteroatoms. The number of hydrogen-bond acceptors (Lipinski definition) is 6. The van der Waals surface area contributed by atoms with Crippen LogP contribution in [0.25, 0.3) is 0 Å². The minimum absolute atomic E-state index is 0.134. The van der Waals surface area contributed by atoms with Crippen LogP contribution in [0.4, 0.5) is 0 Å². The van der Waals surface area contributed by atoms with Crippen LogP contribution in [0.3, 0.4) is 0 Å². The number of nitrogens with zero attached hydrogens (tertiary/aromatic N) is 3. The summed E-state index contributed by atoms with van der Waals surface area (Å²) in [5.74, 6) is 0.901. The zero-order valence-electron chi connectivity index (χ0n) is 11.9. The maximum atomic E-state index is 12.2. The quantitative estimate of drug-likeness (QED) is 0.756. The van der Waals surface area contributed by atoms with E-state index in [4.69, 9.17) is 4.52 Å². The summed E-state index contributed by atoms with van der Waals surface area (Å²) in [4.78, 5) is 4.13. The second-order valence-electron chi connectivity index (χ2n) is 4.49. The highest BCUT2D eigenvalue weighted by atomic mass is 32.2. The molecule has 0 saturated carbocycles. The predicted octanol–water partition coefficient (Wildman–Crippen LogP) is 0.213. The third-order valence-electron chi connectivity index (χ3n) is 2.97. The maximum Gasteiger partial charge on any atom is 0.242 e. The van der Waals surface area contributed by atoms with Gasteiger partial charge in [-0.2, -0.15) is 4.98 Å². The molecule has 116 valence electrons. The summed E-state index contributed by atoms with van der Waals surface area (Å²) in [5, 5.41) is 12.8. The van der Waals surface area contributed by atoms with Gasteiger partial charge in [-0.1, -0.05) is 5.16 Å². The van der Waals surface area contributed by atoms with Crippen LogP contribution in [0, 0.1) is 6.92 Å². The van der Waals surface area contributed by atoms with E-state index in [1.54, 1.807) is 11.5 Å². The van der Waals surface area contributed by atoms with Crippen LogP contribution in [0.5, 0.6) is 0 Å². The van der Waals surface area contributed by atoms with Crippen LogP contribution < -0.4 is 4.72 Å². The molecule has 0 bridgehead atoms. The number of aliphatic hydroxyl groups excluding tert-OH is 1. The van der Waals surface area contributed by atoms with E-state index in [2.05, 4.69) is 14.9 Å². The van der Waals surface area contributed by atoms with Crippen LogP contribution in [0.15, 0.2) is 21.7 Å². The maximum absolute atomic E-state index is 12.2. The van der Waals surface area contributed by atoms with Crippen molar-refractivity contribution in [2.75, 3.05) is 6.54 Å². The van der Waals surface area contributed by atoms with Crippen molar-refractivity contribution in [1.82, 2.24) is 19.4 Å². The van der Waals surface area contributed by atoms with E-state index in [0.717, 1.165) is 0 Å². The van der Waals surface area contributed by atoms with E-state index in [-0.39, 0.29) is 18.0 Å². The fourth-order valence-corrected chi connectivity index (χ4v) is 3.01. The van der Waals surface area contributed by atoms with E-state index < -0.39 is 10.0 Å². The molecule has 21 heavy (non-hydrogen) atoms. The minimum Gasteiger partial charge on any atom is -0.390 e. The van der Waals surface area contributed by atoms with E-state index in [9.17, 15) is 13.5 Å². The van der Waals surface area contributed by atoms with Gasteiger partial charge in [0.1, 0.15) is 0 Å². The molecule has 2 N–H and O–H groups in total. The van der Waals surface area contributed by atoms with E-state index in [0.29, 0.717) is 30.4 Å². The van der Waals surface area contributed by atoms with E-state index in [1.165, 1.54) is 12.3 Å². The molecule has 0 unspecified atom stereocenters. The molecule has 2 heterocycles. The third-order valence-corrected chi connectivity index (χ3v) is 4.40. The SMILES string of the molecule is CCn1cc(S(=O)(=O)NCCc2nc(C)no2)cc1CO. The molecule has 2 aromatic rings. The van der Waals surface area contributed by atoms with Gasteiger partial charge in [-0.15, -0.1) is 0 Å². The van der Waals surface area contributed by atoms with Crippen LogP contribution in [0.1, 0.15) is 24.3 Å². The topological polar surface area (TPSA) is 110 Å². The summed E-state index contributed by atoms with van der Waals surface area (Å²) in [6.45, 7) is 4.12. The van der Waals surface area contributed by atoms with Gasteiger partial charge in [0.2, 0.25) is 15.9 Å². The van der Waals surface area contributed by atoms with Gasteiger partial charge in [0.05, 0.1) is 11.5 Å². The molecular formula is C12H18N4O4S. The van der Waals surface area contributed by atoms with Crippen molar-refractivity contribution >= 4 is 10.0 Å². The Morgan fingerprint density at radius 2 is 2.24 bits per heavy atom. The van der Waals surface area contributed by atoms with Crippen molar-refractivity contribution in [3.8, 4) is 0 Å². The fourth-order valence-electron chi connectivity index (χ4n) is 1.92. The lowest BCUT2D eigenvalue weighted by Gasteiger charge is -2.03. The molecule has 2 aromatic heterocycles. The second kappa shape index (κ2) is 6.37. The molecule has 0 radical (unpaired) electrons. The Bertz CT molecular complexity index is 683. The summed E-state index contributed by atoms with van der Waals surface area (Å²) in [6.07, 6.45) is 1.83. The third kappa shape index (κ3) is 3.69. The molecule has 0 saturated heterocycles. The number of aromatic nitrogens is 3. The summed E-state index contributed by atoms with van der Waals surface area (Å²) < 4.78 is 33.4. The number of sulfonamides is 1. The van der Waals surface area contributed by atoms with E-state index in [1.807, 2.05) is 6.92 Å². The van der Waals surface area contributed by atoms with Crippen molar-refractivity contribution in [3.63, 3.8) is 0 Å². The van der Waals surface area contributed by atoms with Gasteiger partial charge in [0.15, 0.2) is 5.82 Å². The van der Waals surface area contributed by atoms with Crippen LogP contribution >= 0.6 is 0 Å². The van der Waals surface area contributed by atoms with Crippen LogP contribution in [-0.4, -0.2) is 34.8 Å². The average Bonchev–Trinajstić information content (AvgIpc) is 3.04. The summed E-state index contributed by atoms with van der Waals surface area (Å²) in [6, 6.07) is 1.46. The minimum atomic E-state index is -3.62. The van der Waals surface area contributed by atoms with Gasteiger partial charge >= 0.3 is 0 Å². The first-order valence-corrected chi connectivity index (χ1v) is 8.03. The number of rotatable bonds is 7. The number of hydrogen-bond donors (Lipinski definition) is 2. The number of nitrogens with one attached hydrogen (secondary N) is 1. The summed E-state index contributed by atoms with van der Waals surface area (Å²) in [7, 11) is -3.62. The summed E-state index contributed by atoms with van der Waals surface area (Å²) >= 11 is 0. The van der Waals surface area contributed by atoms with Gasteiger partial charge in [-0.05, 0) is 19.9 Å². The van der Waals surface area contributed by atoms with Crippen LogP contribution in [0.2, 0.25) is 0 Å². The first kappa shape index (κ1) is 15.7. The Kier molecular flexibility index (Phi) is 4.76. The van der Waals surface area contributed by atoms with Gasteiger partial charge < -0.3 is 14.2 Å². The molecule has 8 nitrogen and oxygen atoms in total. The smallest absolute Gasteiger partial charge is 0.242 e. The Morgan fingerprint density at radius 3 is 2.76 bits per heavy atom. The Morgan fingerprint density at radius 1 is 1.48 bits per heavy atom.